The number of piperidine rings is 1. The van der Waals surface area contributed by atoms with Gasteiger partial charge in [-0.15, -0.1) is 0 Å². The van der Waals surface area contributed by atoms with Crippen LogP contribution in [0.15, 0.2) is 41.8 Å². The number of imidazole rings is 1. The Balaban J connectivity index is 1.34. The number of rotatable bonds is 5. The molecule has 2 aromatic rings. The Hall–Kier alpha value is -2.46. The molecule has 31 heavy (non-hydrogen) atoms. The van der Waals surface area contributed by atoms with Crippen LogP contribution in [0.1, 0.15) is 19.8 Å². The number of carbonyl (C=O) groups excluding carboxylic acids is 1. The minimum absolute atomic E-state index is 0.0146. The Bertz CT molecular complexity index is 1030. The summed E-state index contributed by atoms with van der Waals surface area (Å²) in [4.78, 5) is 20.4. The Labute approximate surface area is 182 Å². The van der Waals surface area contributed by atoms with Crippen molar-refractivity contribution >= 4 is 21.6 Å². The lowest BCUT2D eigenvalue weighted by Gasteiger charge is -2.36. The van der Waals surface area contributed by atoms with Gasteiger partial charge >= 0.3 is 0 Å². The number of halogens is 1. The molecule has 168 valence electrons. The molecule has 10 heteroatoms. The number of nitrogens with zero attached hydrogens (tertiary/aromatic N) is 5. The van der Waals surface area contributed by atoms with Gasteiger partial charge in [-0.25, -0.2) is 17.8 Å². The third-order valence-electron chi connectivity index (χ3n) is 6.10. The van der Waals surface area contributed by atoms with Crippen LogP contribution in [-0.4, -0.2) is 72.3 Å². The Morgan fingerprint density at radius 1 is 1.10 bits per heavy atom. The zero-order valence-electron chi connectivity index (χ0n) is 17.7. The molecule has 2 aliphatic rings. The van der Waals surface area contributed by atoms with Gasteiger partial charge in [0.2, 0.25) is 5.91 Å². The molecule has 0 spiro atoms. The summed E-state index contributed by atoms with van der Waals surface area (Å²) in [5.74, 6) is 0.152. The van der Waals surface area contributed by atoms with Gasteiger partial charge in [-0.3, -0.25) is 4.79 Å². The maximum atomic E-state index is 14.0. The van der Waals surface area contributed by atoms with E-state index in [-0.39, 0.29) is 23.3 Å². The van der Waals surface area contributed by atoms with Gasteiger partial charge in [0.15, 0.2) is 5.03 Å². The fraction of sp³-hybridized carbons (Fsp3) is 0.524. The smallest absolute Gasteiger partial charge is 0.262 e. The van der Waals surface area contributed by atoms with Gasteiger partial charge in [-0.05, 0) is 30.9 Å². The second-order valence-corrected chi connectivity index (χ2v) is 10.2. The van der Waals surface area contributed by atoms with Crippen LogP contribution < -0.4 is 4.90 Å². The Kier molecular flexibility index (Phi) is 6.29. The van der Waals surface area contributed by atoms with Crippen molar-refractivity contribution in [1.82, 2.24) is 18.8 Å². The quantitative estimate of drug-likeness (QED) is 0.696. The van der Waals surface area contributed by atoms with Gasteiger partial charge in [0.1, 0.15) is 12.4 Å². The first-order valence-electron chi connectivity index (χ1n) is 10.6. The first kappa shape index (κ1) is 21.8. The molecule has 8 nitrogen and oxygen atoms in total. The van der Waals surface area contributed by atoms with E-state index >= 15 is 0 Å². The minimum atomic E-state index is -3.63. The predicted octanol–water partition coefficient (Wildman–Crippen LogP) is 1.79. The van der Waals surface area contributed by atoms with E-state index in [0.717, 1.165) is 12.8 Å². The van der Waals surface area contributed by atoms with Gasteiger partial charge in [0.25, 0.3) is 10.0 Å². The Morgan fingerprint density at radius 3 is 2.45 bits per heavy atom. The summed E-state index contributed by atoms with van der Waals surface area (Å²) in [5, 5.41) is -0.0146. The normalized spacial score (nSPS) is 19.0. The molecule has 2 fully saturated rings. The molecule has 0 unspecified atom stereocenters. The fourth-order valence-corrected chi connectivity index (χ4v) is 5.48. The molecule has 0 atom stereocenters. The van der Waals surface area contributed by atoms with E-state index in [1.54, 1.807) is 23.1 Å². The van der Waals surface area contributed by atoms with Crippen LogP contribution in [0, 0.1) is 11.7 Å². The highest BCUT2D eigenvalue weighted by atomic mass is 32.2. The summed E-state index contributed by atoms with van der Waals surface area (Å²) < 4.78 is 42.6. The van der Waals surface area contributed by atoms with Gasteiger partial charge in [0, 0.05) is 45.5 Å². The van der Waals surface area contributed by atoms with Crippen molar-refractivity contribution < 1.29 is 17.6 Å². The predicted molar refractivity (Wildman–Crippen MR) is 115 cm³/mol. The van der Waals surface area contributed by atoms with Crippen molar-refractivity contribution in [2.24, 2.45) is 5.92 Å². The number of para-hydroxylation sites is 1. The average Bonchev–Trinajstić information content (AvgIpc) is 3.24. The Morgan fingerprint density at radius 2 is 1.77 bits per heavy atom. The number of benzene rings is 1. The van der Waals surface area contributed by atoms with Gasteiger partial charge in [0.05, 0.1) is 12.0 Å². The number of piperazine rings is 1. The fourth-order valence-electron chi connectivity index (χ4n) is 4.08. The second kappa shape index (κ2) is 8.96. The molecular weight excluding hydrogens is 421 g/mol. The molecule has 0 saturated carbocycles. The van der Waals surface area contributed by atoms with Crippen LogP contribution in [-0.2, 0) is 21.4 Å². The van der Waals surface area contributed by atoms with E-state index in [1.165, 1.54) is 27.5 Å². The maximum absolute atomic E-state index is 14.0. The van der Waals surface area contributed by atoms with Crippen LogP contribution in [0.25, 0.3) is 0 Å². The number of amides is 1. The molecule has 0 bridgehead atoms. The summed E-state index contributed by atoms with van der Waals surface area (Å²) >= 11 is 0. The lowest BCUT2D eigenvalue weighted by atomic mass is 10.0. The summed E-state index contributed by atoms with van der Waals surface area (Å²) in [6, 6.07) is 6.63. The molecule has 1 amide bonds. The third-order valence-corrected chi connectivity index (χ3v) is 7.88. The highest BCUT2D eigenvalue weighted by molar-refractivity contribution is 7.89. The zero-order valence-corrected chi connectivity index (χ0v) is 18.5. The van der Waals surface area contributed by atoms with E-state index in [9.17, 15) is 17.6 Å². The van der Waals surface area contributed by atoms with Crippen LogP contribution in [0.5, 0.6) is 0 Å². The number of anilines is 1. The van der Waals surface area contributed by atoms with E-state index in [2.05, 4.69) is 11.9 Å². The topological polar surface area (TPSA) is 78.8 Å². The van der Waals surface area contributed by atoms with Crippen molar-refractivity contribution in [3.8, 4) is 0 Å². The lowest BCUT2D eigenvalue weighted by molar-refractivity contribution is -0.132. The van der Waals surface area contributed by atoms with Crippen molar-refractivity contribution in [3.05, 3.63) is 42.6 Å². The first-order valence-corrected chi connectivity index (χ1v) is 12.1. The molecule has 4 rings (SSSR count). The second-order valence-electron chi connectivity index (χ2n) is 8.29. The summed E-state index contributed by atoms with van der Waals surface area (Å²) in [5.41, 5.74) is 0.547. The average molecular weight is 450 g/mol. The first-order chi connectivity index (χ1) is 14.8. The standard InChI is InChI=1S/C21H28FN5O3S/c1-17-6-8-27(9-7-17)31(29,30)20-14-24(16-23-20)15-21(28)26-12-10-25(11-13-26)19-5-3-2-4-18(19)22/h2-5,14,16-17H,6-13,15H2,1H3. The maximum Gasteiger partial charge on any atom is 0.262 e. The number of aromatic nitrogens is 2. The highest BCUT2D eigenvalue weighted by Crippen LogP contribution is 2.23. The van der Waals surface area contributed by atoms with E-state index in [0.29, 0.717) is 50.9 Å². The highest BCUT2D eigenvalue weighted by Gasteiger charge is 2.30. The molecule has 3 heterocycles. The van der Waals surface area contributed by atoms with Gasteiger partial charge in [-0.1, -0.05) is 19.1 Å². The largest absolute Gasteiger partial charge is 0.366 e. The third kappa shape index (κ3) is 4.74. The SMILES string of the molecule is CC1CCN(S(=O)(=O)c2cn(CC(=O)N3CCN(c4ccccc4F)CC3)cn2)CC1. The van der Waals surface area contributed by atoms with Crippen molar-refractivity contribution in [3.63, 3.8) is 0 Å². The molecule has 1 aromatic carbocycles. The van der Waals surface area contributed by atoms with Crippen molar-refractivity contribution in [2.45, 2.75) is 31.3 Å². The molecule has 0 aliphatic carbocycles. The van der Waals surface area contributed by atoms with E-state index in [4.69, 9.17) is 0 Å². The van der Waals surface area contributed by atoms with Gasteiger partial charge < -0.3 is 14.4 Å². The van der Waals surface area contributed by atoms with Crippen LogP contribution in [0.2, 0.25) is 0 Å². The number of sulfonamides is 1. The zero-order chi connectivity index (χ0) is 22.0. The summed E-state index contributed by atoms with van der Waals surface area (Å²) in [7, 11) is -3.63. The molecule has 2 aliphatic heterocycles. The number of hydrogen-bond donors (Lipinski definition) is 0. The number of carbonyl (C=O) groups is 1. The lowest BCUT2D eigenvalue weighted by Crippen LogP contribution is -2.49. The van der Waals surface area contributed by atoms with Crippen LogP contribution in [0.4, 0.5) is 10.1 Å². The van der Waals surface area contributed by atoms with Crippen LogP contribution >= 0.6 is 0 Å². The van der Waals surface area contributed by atoms with Crippen LogP contribution in [0.3, 0.4) is 0 Å². The van der Waals surface area contributed by atoms with E-state index < -0.39 is 10.0 Å². The summed E-state index contributed by atoms with van der Waals surface area (Å²) in [6.07, 6.45) is 4.52. The molecular formula is C21H28FN5O3S. The molecule has 2 saturated heterocycles. The minimum Gasteiger partial charge on any atom is -0.366 e. The molecule has 0 radical (unpaired) electrons. The van der Waals surface area contributed by atoms with Gasteiger partial charge in [-0.2, -0.15) is 4.31 Å². The number of hydrogen-bond acceptors (Lipinski definition) is 5. The monoisotopic (exact) mass is 449 g/mol. The molecule has 0 N–H and O–H groups in total. The van der Waals surface area contributed by atoms with E-state index in [1.807, 2.05) is 4.90 Å². The van der Waals surface area contributed by atoms with Crippen molar-refractivity contribution in [1.29, 1.82) is 0 Å². The van der Waals surface area contributed by atoms with Crippen molar-refractivity contribution in [2.75, 3.05) is 44.2 Å². The molecule has 1 aromatic heterocycles. The summed E-state index contributed by atoms with van der Waals surface area (Å²) in [6.45, 7) is 5.22.